The Balaban J connectivity index is 3.20. The van der Waals surface area contributed by atoms with E-state index in [9.17, 15) is 9.59 Å². The first-order valence-electron chi connectivity index (χ1n) is 5.65. The molecule has 0 aromatic carbocycles. The predicted molar refractivity (Wildman–Crippen MR) is 59.0 cm³/mol. The molecule has 15 heavy (non-hydrogen) atoms. The monoisotopic (exact) mass is 215 g/mol. The third kappa shape index (κ3) is 10.9. The topological polar surface area (TPSA) is 66.4 Å². The fraction of sp³-hybridized carbons (Fsp3) is 0.818. The lowest BCUT2D eigenvalue weighted by Crippen LogP contribution is -2.27. The minimum atomic E-state index is -1.13. The molecule has 0 rings (SSSR count). The second-order valence-corrected chi connectivity index (χ2v) is 3.72. The van der Waals surface area contributed by atoms with Crippen LogP contribution in [-0.2, 0) is 4.79 Å². The predicted octanol–water partition coefficient (Wildman–Crippen LogP) is 2.57. The Bertz CT molecular complexity index is 192. The van der Waals surface area contributed by atoms with Gasteiger partial charge in [0.1, 0.15) is 0 Å². The van der Waals surface area contributed by atoms with Crippen molar-refractivity contribution in [2.75, 3.05) is 6.54 Å². The smallest absolute Gasteiger partial charge is 0.405 e. The Morgan fingerprint density at radius 3 is 2.27 bits per heavy atom. The van der Waals surface area contributed by atoms with Gasteiger partial charge in [0, 0.05) is 6.42 Å². The van der Waals surface area contributed by atoms with Gasteiger partial charge in [0.25, 0.3) is 0 Å². The Labute approximate surface area is 91.1 Å². The number of carbonyl (C=O) groups excluding carboxylic acids is 1. The van der Waals surface area contributed by atoms with Gasteiger partial charge in [0.05, 0.1) is 6.54 Å². The van der Waals surface area contributed by atoms with Crippen molar-refractivity contribution in [3.05, 3.63) is 0 Å². The van der Waals surface area contributed by atoms with Crippen LogP contribution in [0, 0.1) is 0 Å². The molecule has 2 N–H and O–H groups in total. The fourth-order valence-electron chi connectivity index (χ4n) is 1.37. The molecule has 4 heteroatoms. The summed E-state index contributed by atoms with van der Waals surface area (Å²) < 4.78 is 0. The largest absolute Gasteiger partial charge is 0.465 e. The molecular formula is C11H21NO3. The van der Waals surface area contributed by atoms with Gasteiger partial charge in [-0.25, -0.2) is 4.79 Å². The van der Waals surface area contributed by atoms with E-state index in [4.69, 9.17) is 5.11 Å². The van der Waals surface area contributed by atoms with Crippen LogP contribution in [0.15, 0.2) is 0 Å². The van der Waals surface area contributed by atoms with Gasteiger partial charge in [0.15, 0.2) is 5.78 Å². The molecule has 0 aliphatic carbocycles. The van der Waals surface area contributed by atoms with E-state index in [0.29, 0.717) is 6.42 Å². The molecule has 4 nitrogen and oxygen atoms in total. The molecular weight excluding hydrogens is 194 g/mol. The summed E-state index contributed by atoms with van der Waals surface area (Å²) in [5.74, 6) is -0.0205. The number of carboxylic acid groups (broad SMARTS) is 1. The first-order valence-corrected chi connectivity index (χ1v) is 5.65. The number of nitrogens with one attached hydrogen (secondary N) is 1. The van der Waals surface area contributed by atoms with Crippen molar-refractivity contribution in [1.29, 1.82) is 0 Å². The van der Waals surface area contributed by atoms with Crippen molar-refractivity contribution in [1.82, 2.24) is 5.32 Å². The van der Waals surface area contributed by atoms with Crippen molar-refractivity contribution in [2.45, 2.75) is 51.9 Å². The highest BCUT2D eigenvalue weighted by Crippen LogP contribution is 2.06. The molecule has 88 valence electrons. The Hall–Kier alpha value is -1.06. The standard InChI is InChI=1S/C11H21NO3/c1-2-3-4-5-6-7-8-10(13)9-12-11(14)15/h12H,2-9H2,1H3,(H,14,15). The van der Waals surface area contributed by atoms with Crippen molar-refractivity contribution in [3.63, 3.8) is 0 Å². The van der Waals surface area contributed by atoms with Crippen molar-refractivity contribution < 1.29 is 14.7 Å². The van der Waals surface area contributed by atoms with Crippen LogP contribution in [0.3, 0.4) is 0 Å². The van der Waals surface area contributed by atoms with E-state index in [1.165, 1.54) is 25.7 Å². The number of ketones is 1. The maximum absolute atomic E-state index is 11.1. The SMILES string of the molecule is CCCCCCCCC(=O)CNC(=O)O. The van der Waals surface area contributed by atoms with Crippen LogP contribution in [-0.4, -0.2) is 23.5 Å². The number of amides is 1. The minimum absolute atomic E-state index is 0.0205. The van der Waals surface area contributed by atoms with Crippen LogP contribution in [0.25, 0.3) is 0 Å². The van der Waals surface area contributed by atoms with Gasteiger partial charge in [-0.1, -0.05) is 39.0 Å². The highest BCUT2D eigenvalue weighted by Gasteiger charge is 2.03. The Morgan fingerprint density at radius 2 is 1.67 bits per heavy atom. The molecule has 0 aliphatic heterocycles. The zero-order chi connectivity index (χ0) is 11.5. The van der Waals surface area contributed by atoms with Crippen LogP contribution >= 0.6 is 0 Å². The van der Waals surface area contributed by atoms with Gasteiger partial charge >= 0.3 is 6.09 Å². The van der Waals surface area contributed by atoms with Gasteiger partial charge in [-0.15, -0.1) is 0 Å². The van der Waals surface area contributed by atoms with E-state index < -0.39 is 6.09 Å². The van der Waals surface area contributed by atoms with Crippen molar-refractivity contribution in [2.24, 2.45) is 0 Å². The normalized spacial score (nSPS) is 9.93. The molecule has 0 heterocycles. The van der Waals surface area contributed by atoms with Gasteiger partial charge in [0.2, 0.25) is 0 Å². The van der Waals surface area contributed by atoms with Crippen LogP contribution in [0.5, 0.6) is 0 Å². The lowest BCUT2D eigenvalue weighted by molar-refractivity contribution is -0.118. The molecule has 0 radical (unpaired) electrons. The van der Waals surface area contributed by atoms with Crippen LogP contribution in [0.4, 0.5) is 4.79 Å². The molecule has 0 saturated heterocycles. The quantitative estimate of drug-likeness (QED) is 0.581. The molecule has 0 spiro atoms. The number of Topliss-reactive ketones (excluding diaryl/α,β-unsaturated/α-hetero) is 1. The van der Waals surface area contributed by atoms with Gasteiger partial charge < -0.3 is 10.4 Å². The lowest BCUT2D eigenvalue weighted by atomic mass is 10.1. The van der Waals surface area contributed by atoms with Crippen LogP contribution in [0.2, 0.25) is 0 Å². The number of rotatable bonds is 9. The summed E-state index contributed by atoms with van der Waals surface area (Å²) >= 11 is 0. The number of hydrogen-bond donors (Lipinski definition) is 2. The van der Waals surface area contributed by atoms with E-state index >= 15 is 0 Å². The molecule has 0 saturated carbocycles. The van der Waals surface area contributed by atoms with E-state index in [1.807, 2.05) is 0 Å². The second-order valence-electron chi connectivity index (χ2n) is 3.72. The van der Waals surface area contributed by atoms with E-state index in [-0.39, 0.29) is 12.3 Å². The summed E-state index contributed by atoms with van der Waals surface area (Å²) in [4.78, 5) is 21.2. The highest BCUT2D eigenvalue weighted by molar-refractivity contribution is 5.83. The highest BCUT2D eigenvalue weighted by atomic mass is 16.4. The van der Waals surface area contributed by atoms with E-state index in [1.54, 1.807) is 0 Å². The number of unbranched alkanes of at least 4 members (excludes halogenated alkanes) is 5. The molecule has 0 fully saturated rings. The summed E-state index contributed by atoms with van der Waals surface area (Å²) in [6, 6.07) is 0. The van der Waals surface area contributed by atoms with Crippen molar-refractivity contribution in [3.8, 4) is 0 Å². The third-order valence-corrected chi connectivity index (χ3v) is 2.25. The van der Waals surface area contributed by atoms with Gasteiger partial charge in [-0.2, -0.15) is 0 Å². The van der Waals surface area contributed by atoms with Crippen LogP contribution < -0.4 is 5.32 Å². The molecule has 0 aliphatic rings. The maximum atomic E-state index is 11.1. The summed E-state index contributed by atoms with van der Waals surface area (Å²) in [5, 5.41) is 10.3. The molecule has 1 amide bonds. The minimum Gasteiger partial charge on any atom is -0.465 e. The first-order chi connectivity index (χ1) is 7.16. The Kier molecular flexibility index (Phi) is 8.82. The number of carbonyl (C=O) groups is 2. The molecule has 0 aromatic rings. The molecule has 0 atom stereocenters. The maximum Gasteiger partial charge on any atom is 0.405 e. The van der Waals surface area contributed by atoms with Gasteiger partial charge in [-0.3, -0.25) is 4.79 Å². The number of hydrogen-bond acceptors (Lipinski definition) is 2. The summed E-state index contributed by atoms with van der Waals surface area (Å²) in [6.45, 7) is 2.12. The average Bonchev–Trinajstić information content (AvgIpc) is 2.20. The third-order valence-electron chi connectivity index (χ3n) is 2.25. The average molecular weight is 215 g/mol. The zero-order valence-electron chi connectivity index (χ0n) is 9.42. The van der Waals surface area contributed by atoms with Crippen LogP contribution in [0.1, 0.15) is 51.9 Å². The lowest BCUT2D eigenvalue weighted by Gasteiger charge is -2.01. The molecule has 0 aromatic heterocycles. The second kappa shape index (κ2) is 9.49. The van der Waals surface area contributed by atoms with Gasteiger partial charge in [-0.05, 0) is 6.42 Å². The van der Waals surface area contributed by atoms with Crippen molar-refractivity contribution >= 4 is 11.9 Å². The van der Waals surface area contributed by atoms with E-state index in [2.05, 4.69) is 12.2 Å². The molecule has 0 bridgehead atoms. The molecule has 0 unspecified atom stereocenters. The summed E-state index contributed by atoms with van der Waals surface area (Å²) in [6.07, 6.45) is 6.20. The zero-order valence-corrected chi connectivity index (χ0v) is 9.42. The Morgan fingerprint density at radius 1 is 1.07 bits per heavy atom. The summed E-state index contributed by atoms with van der Waals surface area (Å²) in [7, 11) is 0. The van der Waals surface area contributed by atoms with E-state index in [0.717, 1.165) is 12.8 Å². The first kappa shape index (κ1) is 13.9. The fourth-order valence-corrected chi connectivity index (χ4v) is 1.37. The summed E-state index contributed by atoms with van der Waals surface area (Å²) in [5.41, 5.74) is 0.